The molecule has 0 aliphatic heterocycles. The van der Waals surface area contributed by atoms with Crippen molar-refractivity contribution in [2.75, 3.05) is 6.54 Å². The number of nitrogens with one attached hydrogen (secondary N) is 1. The van der Waals surface area contributed by atoms with Crippen LogP contribution in [-0.4, -0.2) is 18.2 Å². The molecule has 0 saturated heterocycles. The van der Waals surface area contributed by atoms with Gasteiger partial charge in [-0.3, -0.25) is 9.59 Å². The molecule has 3 nitrogen and oxygen atoms in total. The van der Waals surface area contributed by atoms with Gasteiger partial charge in [-0.15, -0.1) is 11.3 Å². The number of ketones is 1. The molecule has 0 aliphatic carbocycles. The van der Waals surface area contributed by atoms with Gasteiger partial charge in [0.25, 0.3) is 0 Å². The van der Waals surface area contributed by atoms with Crippen LogP contribution in [0.5, 0.6) is 0 Å². The van der Waals surface area contributed by atoms with E-state index in [1.165, 1.54) is 11.3 Å². The number of Topliss-reactive ketones (excluding diaryl/α,β-unsaturated/α-hetero) is 1. The number of hydrogen-bond acceptors (Lipinski definition) is 3. The number of rotatable bonds is 7. The predicted molar refractivity (Wildman–Crippen MR) is 100 cm³/mol. The number of thiophene rings is 1. The highest BCUT2D eigenvalue weighted by Crippen LogP contribution is 2.25. The van der Waals surface area contributed by atoms with Crippen molar-refractivity contribution in [2.45, 2.75) is 39.0 Å². The normalized spacial score (nSPS) is 11.3. The molecule has 2 rings (SSSR count). The van der Waals surface area contributed by atoms with Crippen LogP contribution in [0.1, 0.15) is 46.8 Å². The maximum atomic E-state index is 12.0. The average Bonchev–Trinajstić information content (AvgIpc) is 2.97. The number of benzene rings is 1. The number of hydrogen-bond donors (Lipinski definition) is 1. The van der Waals surface area contributed by atoms with Crippen molar-refractivity contribution < 1.29 is 9.59 Å². The molecule has 0 fully saturated rings. The highest BCUT2D eigenvalue weighted by molar-refractivity contribution is 7.14. The molecule has 5 heteroatoms. The smallest absolute Gasteiger partial charge is 0.220 e. The molecule has 128 valence electrons. The van der Waals surface area contributed by atoms with Crippen LogP contribution in [0.3, 0.4) is 0 Å². The predicted octanol–water partition coefficient (Wildman–Crippen LogP) is 4.77. The van der Waals surface area contributed by atoms with Crippen LogP contribution in [-0.2, 0) is 10.2 Å². The first-order valence-corrected chi connectivity index (χ1v) is 9.10. The Bertz CT molecular complexity index is 736. The number of amides is 1. The maximum absolute atomic E-state index is 12.0. The van der Waals surface area contributed by atoms with Gasteiger partial charge in [0.2, 0.25) is 5.91 Å². The lowest BCUT2D eigenvalue weighted by molar-refractivity contribution is -0.121. The van der Waals surface area contributed by atoms with Gasteiger partial charge >= 0.3 is 0 Å². The minimum absolute atomic E-state index is 0.0253. The lowest BCUT2D eigenvalue weighted by atomic mass is 9.84. The van der Waals surface area contributed by atoms with Gasteiger partial charge in [-0.05, 0) is 36.8 Å². The van der Waals surface area contributed by atoms with E-state index in [1.54, 1.807) is 0 Å². The minimum atomic E-state index is -0.227. The molecule has 1 heterocycles. The summed E-state index contributed by atoms with van der Waals surface area (Å²) in [5.74, 6) is -0.0796. The molecule has 0 unspecified atom stereocenters. The maximum Gasteiger partial charge on any atom is 0.220 e. The Hall–Kier alpha value is -1.65. The second-order valence-corrected chi connectivity index (χ2v) is 8.23. The van der Waals surface area contributed by atoms with E-state index in [0.29, 0.717) is 11.6 Å². The summed E-state index contributed by atoms with van der Waals surface area (Å²) in [6.07, 6.45) is 0.449. The van der Waals surface area contributed by atoms with Gasteiger partial charge in [-0.2, -0.15) is 0 Å². The van der Waals surface area contributed by atoms with Crippen molar-refractivity contribution in [3.8, 4) is 0 Å². The van der Waals surface area contributed by atoms with Gasteiger partial charge in [0.1, 0.15) is 0 Å². The van der Waals surface area contributed by atoms with Gasteiger partial charge < -0.3 is 5.32 Å². The summed E-state index contributed by atoms with van der Waals surface area (Å²) < 4.78 is 0. The molecule has 0 bridgehead atoms. The van der Waals surface area contributed by atoms with Crippen LogP contribution >= 0.6 is 22.9 Å². The van der Waals surface area contributed by atoms with Crippen molar-refractivity contribution in [1.29, 1.82) is 0 Å². The van der Waals surface area contributed by atoms with Gasteiger partial charge in [0, 0.05) is 34.7 Å². The van der Waals surface area contributed by atoms with Gasteiger partial charge in [-0.25, -0.2) is 0 Å². The summed E-state index contributed by atoms with van der Waals surface area (Å²) in [5.41, 5.74) is 0.843. The summed E-state index contributed by atoms with van der Waals surface area (Å²) in [6, 6.07) is 11.4. The van der Waals surface area contributed by atoms with Crippen molar-refractivity contribution in [2.24, 2.45) is 0 Å². The number of carbonyl (C=O) groups is 2. The van der Waals surface area contributed by atoms with E-state index in [0.717, 1.165) is 15.3 Å². The lowest BCUT2D eigenvalue weighted by Crippen LogP contribution is -2.36. The van der Waals surface area contributed by atoms with Crippen LogP contribution < -0.4 is 5.32 Å². The standard InChI is InChI=1S/C19H22ClNO2S/c1-13-7-9-17(24-13)16(22)8-10-18(23)21-12-19(2,3)14-5-4-6-15(20)11-14/h4-7,9,11H,8,10,12H2,1-3H3,(H,21,23). The average molecular weight is 364 g/mol. The van der Waals surface area contributed by atoms with E-state index in [4.69, 9.17) is 11.6 Å². The van der Waals surface area contributed by atoms with E-state index >= 15 is 0 Å². The van der Waals surface area contributed by atoms with E-state index in [2.05, 4.69) is 19.2 Å². The van der Waals surface area contributed by atoms with Crippen LogP contribution in [0, 0.1) is 6.92 Å². The Morgan fingerprint density at radius 1 is 1.17 bits per heavy atom. The largest absolute Gasteiger partial charge is 0.355 e. The summed E-state index contributed by atoms with van der Waals surface area (Å²) in [4.78, 5) is 25.9. The summed E-state index contributed by atoms with van der Waals surface area (Å²) in [6.45, 7) is 6.57. The fraction of sp³-hybridized carbons (Fsp3) is 0.368. The summed E-state index contributed by atoms with van der Waals surface area (Å²) >= 11 is 7.50. The highest BCUT2D eigenvalue weighted by atomic mass is 35.5. The van der Waals surface area contributed by atoms with E-state index in [9.17, 15) is 9.59 Å². The van der Waals surface area contributed by atoms with Gasteiger partial charge in [-0.1, -0.05) is 37.6 Å². The third-order valence-corrected chi connectivity index (χ3v) is 5.20. The third kappa shape index (κ3) is 5.18. The SMILES string of the molecule is Cc1ccc(C(=O)CCC(=O)NCC(C)(C)c2cccc(Cl)c2)s1. The van der Waals surface area contributed by atoms with Crippen LogP contribution in [0.25, 0.3) is 0 Å². The molecule has 2 aromatic rings. The monoisotopic (exact) mass is 363 g/mol. The summed E-state index contributed by atoms with van der Waals surface area (Å²) in [7, 11) is 0. The molecule has 1 aromatic heterocycles. The van der Waals surface area contributed by atoms with Crippen molar-refractivity contribution in [3.63, 3.8) is 0 Å². The Kier molecular flexibility index (Phi) is 6.19. The Morgan fingerprint density at radius 2 is 1.92 bits per heavy atom. The first-order chi connectivity index (χ1) is 11.3. The second-order valence-electron chi connectivity index (χ2n) is 6.50. The molecule has 0 saturated carbocycles. The van der Waals surface area contributed by atoms with Gasteiger partial charge in [0.05, 0.1) is 4.88 Å². The quantitative estimate of drug-likeness (QED) is 0.720. The zero-order valence-electron chi connectivity index (χ0n) is 14.2. The molecule has 0 radical (unpaired) electrons. The molecule has 0 spiro atoms. The van der Waals surface area contributed by atoms with Crippen LogP contribution in [0.4, 0.5) is 0 Å². The van der Waals surface area contributed by atoms with E-state index in [1.807, 2.05) is 43.3 Å². The molecular formula is C19H22ClNO2S. The molecular weight excluding hydrogens is 342 g/mol. The number of carbonyl (C=O) groups excluding carboxylic acids is 2. The summed E-state index contributed by atoms with van der Waals surface area (Å²) in [5, 5.41) is 3.61. The van der Waals surface area contributed by atoms with Crippen molar-refractivity contribution in [3.05, 3.63) is 56.7 Å². The van der Waals surface area contributed by atoms with Crippen LogP contribution in [0.15, 0.2) is 36.4 Å². The molecule has 0 atom stereocenters. The molecule has 1 aromatic carbocycles. The van der Waals surface area contributed by atoms with Crippen molar-refractivity contribution >= 4 is 34.6 Å². The lowest BCUT2D eigenvalue weighted by Gasteiger charge is -2.26. The number of aryl methyl sites for hydroxylation is 1. The molecule has 1 amide bonds. The highest BCUT2D eigenvalue weighted by Gasteiger charge is 2.22. The first-order valence-electron chi connectivity index (χ1n) is 7.90. The van der Waals surface area contributed by atoms with Gasteiger partial charge in [0.15, 0.2) is 5.78 Å². The molecule has 1 N–H and O–H groups in total. The van der Waals surface area contributed by atoms with Crippen LogP contribution in [0.2, 0.25) is 5.02 Å². The Labute approximate surface area is 152 Å². The first kappa shape index (κ1) is 18.7. The van der Waals surface area contributed by atoms with Crippen molar-refractivity contribution in [1.82, 2.24) is 5.32 Å². The Morgan fingerprint density at radius 3 is 2.54 bits per heavy atom. The topological polar surface area (TPSA) is 46.2 Å². The second kappa shape index (κ2) is 7.95. The fourth-order valence-electron chi connectivity index (χ4n) is 2.35. The fourth-order valence-corrected chi connectivity index (χ4v) is 3.38. The molecule has 24 heavy (non-hydrogen) atoms. The third-order valence-electron chi connectivity index (χ3n) is 3.93. The minimum Gasteiger partial charge on any atom is -0.355 e. The zero-order valence-corrected chi connectivity index (χ0v) is 15.8. The van der Waals surface area contributed by atoms with E-state index in [-0.39, 0.29) is 29.9 Å². The molecule has 0 aliphatic rings. The Balaban J connectivity index is 1.83. The zero-order chi connectivity index (χ0) is 17.7. The van der Waals surface area contributed by atoms with E-state index < -0.39 is 0 Å². The number of halogens is 1.